The van der Waals surface area contributed by atoms with Crippen molar-refractivity contribution in [1.82, 2.24) is 0 Å². The molecule has 1 atom stereocenters. The highest BCUT2D eigenvalue weighted by atomic mass is 16.4. The largest absolute Gasteiger partial charge is 0.475 e. The van der Waals surface area contributed by atoms with Crippen molar-refractivity contribution in [3.05, 3.63) is 0 Å². The zero-order chi connectivity index (χ0) is 10.6. The summed E-state index contributed by atoms with van der Waals surface area (Å²) in [6.07, 6.45) is 1.85. The Bertz CT molecular complexity index is 206. The van der Waals surface area contributed by atoms with Crippen molar-refractivity contribution >= 4 is 11.8 Å². The minimum absolute atomic E-state index is 0.112. The number of aliphatic carboxylic acids is 1. The lowest BCUT2D eigenvalue weighted by Gasteiger charge is -2.28. The van der Waals surface area contributed by atoms with E-state index in [9.17, 15) is 9.59 Å². The summed E-state index contributed by atoms with van der Waals surface area (Å²) in [6, 6.07) is 0. The maximum atomic E-state index is 11.3. The predicted octanol–water partition coefficient (Wildman–Crippen LogP) is 2.10. The van der Waals surface area contributed by atoms with Crippen LogP contribution in [0.3, 0.4) is 0 Å². The molecule has 13 heavy (non-hydrogen) atoms. The Morgan fingerprint density at radius 2 is 1.85 bits per heavy atom. The lowest BCUT2D eigenvalue weighted by atomic mass is 9.74. The van der Waals surface area contributed by atoms with Crippen molar-refractivity contribution in [2.45, 2.75) is 40.5 Å². The molecule has 0 aliphatic carbocycles. The second-order valence-corrected chi connectivity index (χ2v) is 4.05. The number of ketones is 1. The normalized spacial score (nSPS) is 13.8. The van der Waals surface area contributed by atoms with Gasteiger partial charge in [0.05, 0.1) is 0 Å². The van der Waals surface area contributed by atoms with Crippen LogP contribution in [0.1, 0.15) is 40.5 Å². The van der Waals surface area contributed by atoms with Gasteiger partial charge < -0.3 is 5.11 Å². The third-order valence-corrected chi connectivity index (χ3v) is 2.73. The van der Waals surface area contributed by atoms with E-state index in [0.29, 0.717) is 0 Å². The van der Waals surface area contributed by atoms with E-state index in [1.54, 1.807) is 13.8 Å². The highest BCUT2D eigenvalue weighted by molar-refractivity contribution is 6.34. The van der Waals surface area contributed by atoms with Crippen molar-refractivity contribution in [2.24, 2.45) is 11.3 Å². The number of rotatable bonds is 5. The van der Waals surface area contributed by atoms with Crippen LogP contribution in [0.25, 0.3) is 0 Å². The molecule has 0 bridgehead atoms. The second-order valence-electron chi connectivity index (χ2n) is 4.05. The van der Waals surface area contributed by atoms with Crippen LogP contribution >= 0.6 is 0 Å². The SMILES string of the molecule is CCCC(C)C(C)(C)C(=O)C(=O)O. The molecule has 0 aromatic rings. The van der Waals surface area contributed by atoms with Gasteiger partial charge in [-0.15, -0.1) is 0 Å². The molecule has 1 unspecified atom stereocenters. The summed E-state index contributed by atoms with van der Waals surface area (Å²) in [4.78, 5) is 21.8. The molecule has 0 aliphatic heterocycles. The van der Waals surface area contributed by atoms with Gasteiger partial charge in [0.1, 0.15) is 0 Å². The van der Waals surface area contributed by atoms with Crippen LogP contribution in [-0.4, -0.2) is 16.9 Å². The number of hydrogen-bond acceptors (Lipinski definition) is 2. The van der Waals surface area contributed by atoms with Gasteiger partial charge in [-0.3, -0.25) is 4.79 Å². The van der Waals surface area contributed by atoms with Crippen LogP contribution in [0.5, 0.6) is 0 Å². The Labute approximate surface area is 79.1 Å². The molecule has 0 aliphatic rings. The quantitative estimate of drug-likeness (QED) is 0.669. The summed E-state index contributed by atoms with van der Waals surface area (Å²) < 4.78 is 0. The molecule has 3 heteroatoms. The number of carboxylic acid groups (broad SMARTS) is 1. The van der Waals surface area contributed by atoms with E-state index in [4.69, 9.17) is 5.11 Å². The predicted molar refractivity (Wildman–Crippen MR) is 50.5 cm³/mol. The van der Waals surface area contributed by atoms with E-state index in [1.807, 2.05) is 13.8 Å². The van der Waals surface area contributed by atoms with Crippen molar-refractivity contribution in [3.8, 4) is 0 Å². The van der Waals surface area contributed by atoms with Gasteiger partial charge in [-0.25, -0.2) is 4.79 Å². The van der Waals surface area contributed by atoms with E-state index in [1.165, 1.54) is 0 Å². The molecule has 0 saturated heterocycles. The van der Waals surface area contributed by atoms with Crippen molar-refractivity contribution in [3.63, 3.8) is 0 Å². The zero-order valence-corrected chi connectivity index (χ0v) is 8.76. The number of carbonyl (C=O) groups excluding carboxylic acids is 1. The monoisotopic (exact) mass is 186 g/mol. The van der Waals surface area contributed by atoms with Crippen molar-refractivity contribution in [1.29, 1.82) is 0 Å². The van der Waals surface area contributed by atoms with Crippen LogP contribution < -0.4 is 0 Å². The molecule has 76 valence electrons. The van der Waals surface area contributed by atoms with Gasteiger partial charge in [0.2, 0.25) is 5.78 Å². The minimum Gasteiger partial charge on any atom is -0.475 e. The Kier molecular flexibility index (Phi) is 4.11. The smallest absolute Gasteiger partial charge is 0.372 e. The first-order valence-corrected chi connectivity index (χ1v) is 4.61. The molecular formula is C10H18O3. The molecule has 0 fully saturated rings. The zero-order valence-electron chi connectivity index (χ0n) is 8.76. The molecule has 0 rings (SSSR count). The maximum Gasteiger partial charge on any atom is 0.372 e. The molecular weight excluding hydrogens is 168 g/mol. The molecule has 0 aromatic carbocycles. The van der Waals surface area contributed by atoms with E-state index in [2.05, 4.69) is 0 Å². The third-order valence-electron chi connectivity index (χ3n) is 2.73. The van der Waals surface area contributed by atoms with Crippen molar-refractivity contribution < 1.29 is 14.7 Å². The van der Waals surface area contributed by atoms with E-state index in [0.717, 1.165) is 12.8 Å². The first-order chi connectivity index (χ1) is 5.84. The molecule has 0 saturated carbocycles. The summed E-state index contributed by atoms with van der Waals surface area (Å²) in [6.45, 7) is 7.34. The number of carbonyl (C=O) groups is 2. The summed E-state index contributed by atoms with van der Waals surface area (Å²) in [7, 11) is 0. The maximum absolute atomic E-state index is 11.3. The lowest BCUT2D eigenvalue weighted by molar-refractivity contribution is -0.154. The van der Waals surface area contributed by atoms with Crippen LogP contribution in [0.4, 0.5) is 0 Å². The Morgan fingerprint density at radius 3 is 2.15 bits per heavy atom. The lowest BCUT2D eigenvalue weighted by Crippen LogP contribution is -2.36. The van der Waals surface area contributed by atoms with Crippen LogP contribution in [0.15, 0.2) is 0 Å². The molecule has 0 heterocycles. The van der Waals surface area contributed by atoms with Gasteiger partial charge in [0, 0.05) is 5.41 Å². The summed E-state index contributed by atoms with van der Waals surface area (Å²) in [5.41, 5.74) is -0.748. The first-order valence-electron chi connectivity index (χ1n) is 4.61. The molecule has 1 N–H and O–H groups in total. The number of carboxylic acids is 1. The van der Waals surface area contributed by atoms with Gasteiger partial charge in [0.25, 0.3) is 0 Å². The molecule has 0 spiro atoms. The summed E-state index contributed by atoms with van der Waals surface area (Å²) >= 11 is 0. The van der Waals surface area contributed by atoms with Gasteiger partial charge >= 0.3 is 5.97 Å². The fraction of sp³-hybridized carbons (Fsp3) is 0.800. The number of Topliss-reactive ketones (excluding diaryl/α,β-unsaturated/α-hetero) is 1. The van der Waals surface area contributed by atoms with Crippen LogP contribution in [-0.2, 0) is 9.59 Å². The summed E-state index contributed by atoms with van der Waals surface area (Å²) in [5.74, 6) is -1.90. The Hall–Kier alpha value is -0.860. The topological polar surface area (TPSA) is 54.4 Å². The highest BCUT2D eigenvalue weighted by Gasteiger charge is 2.37. The van der Waals surface area contributed by atoms with E-state index < -0.39 is 17.2 Å². The van der Waals surface area contributed by atoms with Gasteiger partial charge in [0.15, 0.2) is 0 Å². The molecule has 0 amide bonds. The van der Waals surface area contributed by atoms with Gasteiger partial charge in [-0.1, -0.05) is 40.5 Å². The van der Waals surface area contributed by atoms with E-state index >= 15 is 0 Å². The fourth-order valence-corrected chi connectivity index (χ4v) is 1.29. The van der Waals surface area contributed by atoms with Crippen LogP contribution in [0, 0.1) is 11.3 Å². The number of hydrogen-bond donors (Lipinski definition) is 1. The third kappa shape index (κ3) is 2.83. The molecule has 3 nitrogen and oxygen atoms in total. The first kappa shape index (κ1) is 12.1. The standard InChI is InChI=1S/C10H18O3/c1-5-6-7(2)10(3,4)8(11)9(12)13/h7H,5-6H2,1-4H3,(H,12,13). The Morgan fingerprint density at radius 1 is 1.38 bits per heavy atom. The Balaban J connectivity index is 4.54. The van der Waals surface area contributed by atoms with E-state index in [-0.39, 0.29) is 5.92 Å². The molecule has 0 radical (unpaired) electrons. The second kappa shape index (κ2) is 4.40. The highest BCUT2D eigenvalue weighted by Crippen LogP contribution is 2.30. The van der Waals surface area contributed by atoms with Crippen molar-refractivity contribution in [2.75, 3.05) is 0 Å². The van der Waals surface area contributed by atoms with Crippen LogP contribution in [0.2, 0.25) is 0 Å². The van der Waals surface area contributed by atoms with Gasteiger partial charge in [-0.2, -0.15) is 0 Å². The fourth-order valence-electron chi connectivity index (χ4n) is 1.29. The summed E-state index contributed by atoms with van der Waals surface area (Å²) in [5, 5.41) is 8.59. The average molecular weight is 186 g/mol. The van der Waals surface area contributed by atoms with Gasteiger partial charge in [-0.05, 0) is 5.92 Å². The molecule has 0 aromatic heterocycles. The average Bonchev–Trinajstić information content (AvgIpc) is 2.03. The minimum atomic E-state index is -1.33.